The highest BCUT2D eigenvalue weighted by Gasteiger charge is 2.14. The van der Waals surface area contributed by atoms with Crippen molar-refractivity contribution in [3.8, 4) is 11.5 Å². The Labute approximate surface area is 166 Å². The van der Waals surface area contributed by atoms with Crippen LogP contribution in [0.15, 0.2) is 48.9 Å². The fraction of sp³-hybridized carbons (Fsp3) is 0.364. The molecule has 6 heteroatoms. The van der Waals surface area contributed by atoms with Crippen molar-refractivity contribution in [3.63, 3.8) is 0 Å². The van der Waals surface area contributed by atoms with E-state index in [4.69, 9.17) is 9.47 Å². The third-order valence-electron chi connectivity index (χ3n) is 4.78. The van der Waals surface area contributed by atoms with E-state index in [1.165, 1.54) is 16.7 Å². The first-order valence-corrected chi connectivity index (χ1v) is 9.48. The molecule has 2 aromatic heterocycles. The molecule has 0 fully saturated rings. The van der Waals surface area contributed by atoms with Crippen LogP contribution in [0.3, 0.4) is 0 Å². The minimum atomic E-state index is 0.743. The Balaban J connectivity index is 1.84. The lowest BCUT2D eigenvalue weighted by Crippen LogP contribution is -2.22. The SMILES string of the molecule is CCn1cc(CN(Cc2ccncc2)Cc2ccc(OC)c(OC)c2)c(C)n1. The fourth-order valence-electron chi connectivity index (χ4n) is 3.27. The second kappa shape index (κ2) is 9.37. The van der Waals surface area contributed by atoms with Gasteiger partial charge in [0.05, 0.1) is 19.9 Å². The number of aromatic nitrogens is 3. The minimum Gasteiger partial charge on any atom is -0.493 e. The lowest BCUT2D eigenvalue weighted by molar-refractivity contribution is 0.246. The van der Waals surface area contributed by atoms with E-state index in [-0.39, 0.29) is 0 Å². The molecule has 0 atom stereocenters. The summed E-state index contributed by atoms with van der Waals surface area (Å²) in [6.07, 6.45) is 5.82. The largest absolute Gasteiger partial charge is 0.493 e. The summed E-state index contributed by atoms with van der Waals surface area (Å²) in [5.41, 5.74) is 4.73. The molecule has 0 saturated carbocycles. The van der Waals surface area contributed by atoms with Crippen LogP contribution in [0.25, 0.3) is 0 Å². The zero-order chi connectivity index (χ0) is 19.9. The monoisotopic (exact) mass is 380 g/mol. The second-order valence-corrected chi connectivity index (χ2v) is 6.79. The first-order valence-electron chi connectivity index (χ1n) is 9.48. The maximum absolute atomic E-state index is 5.47. The van der Waals surface area contributed by atoms with E-state index in [0.717, 1.165) is 43.4 Å². The summed E-state index contributed by atoms with van der Waals surface area (Å²) < 4.78 is 12.8. The average Bonchev–Trinajstić information content (AvgIpc) is 3.08. The number of nitrogens with zero attached hydrogens (tertiary/aromatic N) is 4. The number of rotatable bonds is 9. The minimum absolute atomic E-state index is 0.743. The van der Waals surface area contributed by atoms with E-state index < -0.39 is 0 Å². The van der Waals surface area contributed by atoms with Crippen LogP contribution in [-0.2, 0) is 26.2 Å². The van der Waals surface area contributed by atoms with Crippen molar-refractivity contribution >= 4 is 0 Å². The van der Waals surface area contributed by atoms with Crippen LogP contribution < -0.4 is 9.47 Å². The molecule has 2 heterocycles. The zero-order valence-electron chi connectivity index (χ0n) is 17.1. The Morgan fingerprint density at radius 3 is 2.29 bits per heavy atom. The Bertz CT molecular complexity index is 893. The number of aryl methyl sites for hydroxylation is 2. The molecule has 0 aliphatic carbocycles. The third-order valence-corrected chi connectivity index (χ3v) is 4.78. The van der Waals surface area contributed by atoms with Gasteiger partial charge in [0, 0.05) is 50.3 Å². The van der Waals surface area contributed by atoms with Crippen LogP contribution in [0.1, 0.15) is 29.3 Å². The molecule has 148 valence electrons. The van der Waals surface area contributed by atoms with Crippen LogP contribution >= 0.6 is 0 Å². The summed E-state index contributed by atoms with van der Waals surface area (Å²) in [5.74, 6) is 1.49. The number of benzene rings is 1. The van der Waals surface area contributed by atoms with Crippen molar-refractivity contribution in [1.82, 2.24) is 19.7 Å². The molecule has 0 spiro atoms. The van der Waals surface area contributed by atoms with E-state index >= 15 is 0 Å². The Morgan fingerprint density at radius 2 is 1.64 bits per heavy atom. The van der Waals surface area contributed by atoms with Crippen LogP contribution in [0.2, 0.25) is 0 Å². The lowest BCUT2D eigenvalue weighted by Gasteiger charge is -2.23. The highest BCUT2D eigenvalue weighted by Crippen LogP contribution is 2.28. The van der Waals surface area contributed by atoms with E-state index in [9.17, 15) is 0 Å². The third kappa shape index (κ3) is 4.89. The van der Waals surface area contributed by atoms with Gasteiger partial charge < -0.3 is 9.47 Å². The summed E-state index contributed by atoms with van der Waals surface area (Å²) in [7, 11) is 3.32. The molecule has 1 aromatic carbocycles. The predicted molar refractivity (Wildman–Crippen MR) is 109 cm³/mol. The van der Waals surface area contributed by atoms with Gasteiger partial charge in [0.2, 0.25) is 0 Å². The van der Waals surface area contributed by atoms with Gasteiger partial charge in [-0.15, -0.1) is 0 Å². The van der Waals surface area contributed by atoms with Crippen molar-refractivity contribution in [2.75, 3.05) is 14.2 Å². The Kier molecular flexibility index (Phi) is 6.66. The van der Waals surface area contributed by atoms with Gasteiger partial charge in [0.1, 0.15) is 0 Å². The molecule has 28 heavy (non-hydrogen) atoms. The molecule has 3 rings (SSSR count). The zero-order valence-corrected chi connectivity index (χ0v) is 17.1. The fourth-order valence-corrected chi connectivity index (χ4v) is 3.27. The number of hydrogen-bond acceptors (Lipinski definition) is 5. The molecule has 0 aliphatic heterocycles. The van der Waals surface area contributed by atoms with Gasteiger partial charge in [0.15, 0.2) is 11.5 Å². The second-order valence-electron chi connectivity index (χ2n) is 6.79. The maximum Gasteiger partial charge on any atom is 0.161 e. The molecular weight excluding hydrogens is 352 g/mol. The normalized spacial score (nSPS) is 11.0. The molecule has 0 saturated heterocycles. The molecule has 6 nitrogen and oxygen atoms in total. The molecule has 0 bridgehead atoms. The summed E-state index contributed by atoms with van der Waals surface area (Å²) in [5, 5.41) is 4.59. The van der Waals surface area contributed by atoms with Crippen molar-refractivity contribution in [1.29, 1.82) is 0 Å². The van der Waals surface area contributed by atoms with Crippen LogP contribution in [0.5, 0.6) is 11.5 Å². The van der Waals surface area contributed by atoms with Crippen molar-refractivity contribution in [3.05, 3.63) is 71.3 Å². The van der Waals surface area contributed by atoms with Gasteiger partial charge in [-0.1, -0.05) is 6.07 Å². The van der Waals surface area contributed by atoms with E-state index in [0.29, 0.717) is 0 Å². The average molecular weight is 380 g/mol. The van der Waals surface area contributed by atoms with Gasteiger partial charge in [0.25, 0.3) is 0 Å². The smallest absolute Gasteiger partial charge is 0.161 e. The van der Waals surface area contributed by atoms with E-state index in [1.54, 1.807) is 14.2 Å². The summed E-state index contributed by atoms with van der Waals surface area (Å²) in [6.45, 7) is 7.49. The Hall–Kier alpha value is -2.86. The predicted octanol–water partition coefficient (Wildman–Crippen LogP) is 3.83. The van der Waals surface area contributed by atoms with Gasteiger partial charge in [-0.05, 0) is 49.2 Å². The molecule has 0 amide bonds. The number of pyridine rings is 1. The van der Waals surface area contributed by atoms with Gasteiger partial charge in [-0.2, -0.15) is 5.10 Å². The van der Waals surface area contributed by atoms with E-state index in [2.05, 4.69) is 53.2 Å². The summed E-state index contributed by atoms with van der Waals surface area (Å²) >= 11 is 0. The number of ether oxygens (including phenoxy) is 2. The lowest BCUT2D eigenvalue weighted by atomic mass is 10.1. The first kappa shape index (κ1) is 19.9. The molecule has 0 N–H and O–H groups in total. The van der Waals surface area contributed by atoms with Gasteiger partial charge in [-0.3, -0.25) is 14.6 Å². The van der Waals surface area contributed by atoms with Crippen LogP contribution in [0, 0.1) is 6.92 Å². The molecule has 0 radical (unpaired) electrons. The van der Waals surface area contributed by atoms with E-state index in [1.807, 2.05) is 29.2 Å². The first-order chi connectivity index (χ1) is 13.6. The Morgan fingerprint density at radius 1 is 0.929 bits per heavy atom. The van der Waals surface area contributed by atoms with Crippen LogP contribution in [-0.4, -0.2) is 33.9 Å². The topological polar surface area (TPSA) is 52.4 Å². The van der Waals surface area contributed by atoms with Gasteiger partial charge >= 0.3 is 0 Å². The summed E-state index contributed by atoms with van der Waals surface area (Å²) in [6, 6.07) is 10.2. The van der Waals surface area contributed by atoms with Crippen molar-refractivity contribution in [2.45, 2.75) is 40.0 Å². The van der Waals surface area contributed by atoms with Crippen molar-refractivity contribution in [2.24, 2.45) is 0 Å². The molecule has 3 aromatic rings. The summed E-state index contributed by atoms with van der Waals surface area (Å²) in [4.78, 5) is 6.53. The molecule has 0 unspecified atom stereocenters. The van der Waals surface area contributed by atoms with Crippen molar-refractivity contribution < 1.29 is 9.47 Å². The standard InChI is InChI=1S/C22H28N4O2/c1-5-26-16-20(17(2)24-26)15-25(13-18-8-10-23-11-9-18)14-19-6-7-21(27-3)22(12-19)28-4/h6-12,16H,5,13-15H2,1-4H3. The van der Waals surface area contributed by atoms with Crippen LogP contribution in [0.4, 0.5) is 0 Å². The molecule has 0 aliphatic rings. The maximum atomic E-state index is 5.47. The molecular formula is C22H28N4O2. The number of hydrogen-bond donors (Lipinski definition) is 0. The quantitative estimate of drug-likeness (QED) is 0.565. The number of methoxy groups -OCH3 is 2. The van der Waals surface area contributed by atoms with Gasteiger partial charge in [-0.25, -0.2) is 0 Å². The highest BCUT2D eigenvalue weighted by atomic mass is 16.5. The highest BCUT2D eigenvalue weighted by molar-refractivity contribution is 5.42.